The number of methoxy groups -OCH3 is 1. The van der Waals surface area contributed by atoms with Crippen LogP contribution in [0.1, 0.15) is 11.4 Å². The van der Waals surface area contributed by atoms with Crippen LogP contribution in [-0.4, -0.2) is 32.5 Å². The zero-order valence-corrected chi connectivity index (χ0v) is 20.9. The van der Waals surface area contributed by atoms with E-state index in [2.05, 4.69) is 25.4 Å². The number of nitrogens with zero attached hydrogens (tertiary/aromatic N) is 4. The van der Waals surface area contributed by atoms with Gasteiger partial charge in [0, 0.05) is 29.9 Å². The summed E-state index contributed by atoms with van der Waals surface area (Å²) < 4.78 is 9.35. The molecular formula is C27H25ClN6O2. The molecule has 0 unspecified atom stereocenters. The average Bonchev–Trinajstić information content (AvgIpc) is 3.44. The summed E-state index contributed by atoms with van der Waals surface area (Å²) in [5.41, 5.74) is 4.14. The molecule has 182 valence electrons. The number of rotatable bonds is 6. The van der Waals surface area contributed by atoms with E-state index >= 15 is 0 Å². The van der Waals surface area contributed by atoms with Crippen molar-refractivity contribution in [2.45, 2.75) is 13.5 Å². The zero-order chi connectivity index (χ0) is 25.2. The normalized spacial score (nSPS) is 11.0. The van der Waals surface area contributed by atoms with E-state index in [9.17, 15) is 4.79 Å². The lowest BCUT2D eigenvalue weighted by Gasteiger charge is -2.12. The molecule has 0 saturated carbocycles. The molecule has 0 saturated heterocycles. The van der Waals surface area contributed by atoms with E-state index < -0.39 is 0 Å². The highest BCUT2D eigenvalue weighted by Gasteiger charge is 2.14. The van der Waals surface area contributed by atoms with Gasteiger partial charge in [-0.05, 0) is 61.0 Å². The van der Waals surface area contributed by atoms with E-state index in [1.165, 1.54) is 0 Å². The fourth-order valence-corrected chi connectivity index (χ4v) is 4.45. The van der Waals surface area contributed by atoms with Gasteiger partial charge in [0.1, 0.15) is 5.75 Å². The minimum atomic E-state index is -0.356. The van der Waals surface area contributed by atoms with Gasteiger partial charge in [0.2, 0.25) is 0 Å². The number of benzene rings is 3. The number of para-hydroxylation sites is 1. The first-order valence-electron chi connectivity index (χ1n) is 11.4. The molecule has 2 amide bonds. The van der Waals surface area contributed by atoms with Crippen molar-refractivity contribution < 1.29 is 9.53 Å². The number of ether oxygens (including phenoxy) is 1. The van der Waals surface area contributed by atoms with Crippen molar-refractivity contribution >= 4 is 39.9 Å². The lowest BCUT2D eigenvalue weighted by atomic mass is 10.2. The lowest BCUT2D eigenvalue weighted by Crippen LogP contribution is -2.19. The summed E-state index contributed by atoms with van der Waals surface area (Å²) in [6.07, 6.45) is 2.00. The zero-order valence-electron chi connectivity index (χ0n) is 20.1. The Kier molecular flexibility index (Phi) is 6.35. The molecule has 8 nitrogen and oxygen atoms in total. The van der Waals surface area contributed by atoms with Crippen LogP contribution in [0.3, 0.4) is 0 Å². The maximum Gasteiger partial charge on any atom is 0.323 e. The van der Waals surface area contributed by atoms with Crippen LogP contribution in [0.25, 0.3) is 22.3 Å². The maximum absolute atomic E-state index is 12.5. The minimum Gasteiger partial charge on any atom is -0.495 e. The van der Waals surface area contributed by atoms with Gasteiger partial charge in [-0.1, -0.05) is 29.8 Å². The summed E-state index contributed by atoms with van der Waals surface area (Å²) in [5.74, 6) is 2.13. The molecule has 0 spiro atoms. The number of hydrogen-bond acceptors (Lipinski definition) is 4. The Hall–Kier alpha value is -4.30. The predicted molar refractivity (Wildman–Crippen MR) is 143 cm³/mol. The quantitative estimate of drug-likeness (QED) is 0.295. The summed E-state index contributed by atoms with van der Waals surface area (Å²) in [5, 5.41) is 16.3. The van der Waals surface area contributed by atoms with Crippen molar-refractivity contribution in [3.8, 4) is 17.1 Å². The van der Waals surface area contributed by atoms with Gasteiger partial charge in [0.25, 0.3) is 0 Å². The molecule has 0 radical (unpaired) electrons. The maximum atomic E-state index is 12.5. The van der Waals surface area contributed by atoms with Crippen LogP contribution in [-0.2, 0) is 13.6 Å². The Morgan fingerprint density at radius 2 is 1.83 bits per heavy atom. The van der Waals surface area contributed by atoms with Gasteiger partial charge in [-0.2, -0.15) is 0 Å². The summed E-state index contributed by atoms with van der Waals surface area (Å²) >= 11 is 6.42. The standard InChI is InChI=1S/C27H25ClN6O2/c1-17-7-12-23(36-3)22(15-17)30-27(35)29-20-10-8-19(9-11-20)26-32-31-24(33(26)2)16-34-14-13-18-5-4-6-21(28)25(18)34/h4-15H,16H2,1-3H3,(H2,29,30,35). The largest absolute Gasteiger partial charge is 0.495 e. The highest BCUT2D eigenvalue weighted by molar-refractivity contribution is 6.35. The fourth-order valence-electron chi connectivity index (χ4n) is 4.16. The SMILES string of the molecule is COc1ccc(C)cc1NC(=O)Nc1ccc(-c2nnc(Cn3ccc4cccc(Cl)c43)n2C)cc1. The predicted octanol–water partition coefficient (Wildman–Crippen LogP) is 6.10. The second kappa shape index (κ2) is 9.75. The van der Waals surface area contributed by atoms with Crippen molar-refractivity contribution in [1.29, 1.82) is 0 Å². The molecule has 9 heteroatoms. The van der Waals surface area contributed by atoms with E-state index in [0.717, 1.165) is 33.7 Å². The topological polar surface area (TPSA) is 86.0 Å². The van der Waals surface area contributed by atoms with Crippen molar-refractivity contribution in [3.63, 3.8) is 0 Å². The third-order valence-electron chi connectivity index (χ3n) is 6.02. The second-order valence-electron chi connectivity index (χ2n) is 8.48. The first-order valence-corrected chi connectivity index (χ1v) is 11.8. The molecule has 2 aromatic heterocycles. The molecule has 36 heavy (non-hydrogen) atoms. The van der Waals surface area contributed by atoms with Gasteiger partial charge in [-0.3, -0.25) is 0 Å². The number of aromatic nitrogens is 4. The molecule has 0 aliphatic rings. The molecule has 0 bridgehead atoms. The summed E-state index contributed by atoms with van der Waals surface area (Å²) in [6, 6.07) is 20.6. The average molecular weight is 501 g/mol. The highest BCUT2D eigenvalue weighted by atomic mass is 35.5. The molecule has 2 heterocycles. The first-order chi connectivity index (χ1) is 17.4. The van der Waals surface area contributed by atoms with Crippen molar-refractivity contribution in [1.82, 2.24) is 19.3 Å². The molecule has 0 aliphatic carbocycles. The Labute approximate surface area is 213 Å². The number of carbonyl (C=O) groups is 1. The Morgan fingerprint density at radius 3 is 2.61 bits per heavy atom. The van der Waals surface area contributed by atoms with E-state index in [-0.39, 0.29) is 6.03 Å². The number of carbonyl (C=O) groups excluding carboxylic acids is 1. The van der Waals surface area contributed by atoms with Gasteiger partial charge in [0.15, 0.2) is 11.6 Å². The number of urea groups is 1. The van der Waals surface area contributed by atoms with Crippen LogP contribution in [0.4, 0.5) is 16.2 Å². The van der Waals surface area contributed by atoms with Gasteiger partial charge < -0.3 is 24.5 Å². The van der Waals surface area contributed by atoms with Crippen LogP contribution in [0.15, 0.2) is 72.9 Å². The fraction of sp³-hybridized carbons (Fsp3) is 0.148. The number of fused-ring (bicyclic) bond motifs is 1. The van der Waals surface area contributed by atoms with Crippen molar-refractivity contribution in [2.75, 3.05) is 17.7 Å². The molecule has 2 N–H and O–H groups in total. The van der Waals surface area contributed by atoms with Gasteiger partial charge in [-0.15, -0.1) is 10.2 Å². The van der Waals surface area contributed by atoms with Crippen LogP contribution < -0.4 is 15.4 Å². The second-order valence-corrected chi connectivity index (χ2v) is 8.89. The Balaban J connectivity index is 1.29. The molecule has 5 rings (SSSR count). The van der Waals surface area contributed by atoms with Crippen LogP contribution >= 0.6 is 11.6 Å². The lowest BCUT2D eigenvalue weighted by molar-refractivity contribution is 0.262. The molecular weight excluding hydrogens is 476 g/mol. The smallest absolute Gasteiger partial charge is 0.323 e. The number of aryl methyl sites for hydroxylation is 1. The minimum absolute atomic E-state index is 0.356. The highest BCUT2D eigenvalue weighted by Crippen LogP contribution is 2.27. The van der Waals surface area contributed by atoms with Gasteiger partial charge in [0.05, 0.1) is 29.9 Å². The Morgan fingerprint density at radius 1 is 1.03 bits per heavy atom. The first kappa shape index (κ1) is 23.4. The third-order valence-corrected chi connectivity index (χ3v) is 6.33. The van der Waals surface area contributed by atoms with Gasteiger partial charge >= 0.3 is 6.03 Å². The summed E-state index contributed by atoms with van der Waals surface area (Å²) in [6.45, 7) is 2.49. The van der Waals surface area contributed by atoms with Gasteiger partial charge in [-0.25, -0.2) is 4.79 Å². The van der Waals surface area contributed by atoms with E-state index in [4.69, 9.17) is 16.3 Å². The number of halogens is 1. The summed E-state index contributed by atoms with van der Waals surface area (Å²) in [7, 11) is 3.51. The van der Waals surface area contributed by atoms with Crippen molar-refractivity contribution in [2.24, 2.45) is 7.05 Å². The van der Waals surface area contributed by atoms with E-state index in [0.29, 0.717) is 28.7 Å². The number of amides is 2. The third kappa shape index (κ3) is 4.63. The number of nitrogens with one attached hydrogen (secondary N) is 2. The Bertz CT molecular complexity index is 1550. The summed E-state index contributed by atoms with van der Waals surface area (Å²) in [4.78, 5) is 12.5. The molecule has 3 aromatic carbocycles. The van der Waals surface area contributed by atoms with Crippen LogP contribution in [0.2, 0.25) is 5.02 Å². The van der Waals surface area contributed by atoms with Crippen LogP contribution in [0.5, 0.6) is 5.75 Å². The molecule has 5 aromatic rings. The molecule has 0 atom stereocenters. The van der Waals surface area contributed by atoms with Crippen molar-refractivity contribution in [3.05, 3.63) is 89.3 Å². The monoisotopic (exact) mass is 500 g/mol. The van der Waals surface area contributed by atoms with Crippen LogP contribution in [0, 0.1) is 6.92 Å². The molecule has 0 aliphatic heterocycles. The van der Waals surface area contributed by atoms with E-state index in [1.54, 1.807) is 7.11 Å². The number of hydrogen-bond donors (Lipinski definition) is 2. The number of anilines is 2. The molecule has 0 fully saturated rings. The van der Waals surface area contributed by atoms with E-state index in [1.807, 2.05) is 91.5 Å².